The lowest BCUT2D eigenvalue weighted by Crippen LogP contribution is -2.51. The van der Waals surface area contributed by atoms with Crippen molar-refractivity contribution in [3.05, 3.63) is 58.1 Å². The Kier molecular flexibility index (Phi) is 11.3. The van der Waals surface area contributed by atoms with Gasteiger partial charge in [-0.25, -0.2) is 13.2 Å². The molecule has 2 fully saturated rings. The van der Waals surface area contributed by atoms with Crippen molar-refractivity contribution >= 4 is 51.0 Å². The third kappa shape index (κ3) is 9.05. The van der Waals surface area contributed by atoms with Crippen LogP contribution >= 0.6 is 23.2 Å². The summed E-state index contributed by atoms with van der Waals surface area (Å²) in [6, 6.07) is 7.51. The number of carboxylic acids is 1. The topological polar surface area (TPSA) is 145 Å². The number of nitrogens with one attached hydrogen (secondary N) is 2. The van der Waals surface area contributed by atoms with Crippen LogP contribution in [0.4, 0.5) is 0 Å². The Morgan fingerprint density at radius 1 is 1.05 bits per heavy atom. The number of nitrogens with zero attached hydrogens (tertiary/aromatic N) is 2. The van der Waals surface area contributed by atoms with Gasteiger partial charge in [0.15, 0.2) is 0 Å². The van der Waals surface area contributed by atoms with Crippen LogP contribution in [-0.4, -0.2) is 91.4 Å². The molecule has 0 radical (unpaired) electrons. The quantitative estimate of drug-likeness (QED) is 0.317. The third-order valence-corrected chi connectivity index (χ3v) is 9.80. The first-order valence-electron chi connectivity index (χ1n) is 14.1. The van der Waals surface area contributed by atoms with Crippen LogP contribution in [0.5, 0.6) is 5.75 Å². The standard InChI is InChI=1S/C29H36Cl2N4O7S/c1-19(36)32-23-17-27(35(18-23)43(40,41)25-15-21(30)14-22(31)16-25)28(37)33-26(29(38)39)13-20-5-7-24(8-6-20)42-12-11-34-9-3-2-4-10-34/h5-8,14-16,23,26-27H,2-4,9-13,17-18H2,1H3,(H,32,36)(H,33,37)(H,38,39)/t23-,26-,27-/m0/s1. The van der Waals surface area contributed by atoms with E-state index in [0.29, 0.717) is 17.9 Å². The lowest BCUT2D eigenvalue weighted by atomic mass is 10.0. The molecule has 3 atom stereocenters. The Balaban J connectivity index is 1.43. The molecule has 2 amide bonds. The monoisotopic (exact) mass is 654 g/mol. The SMILES string of the molecule is CC(=O)N[C@H]1C[C@@H](C(=O)N[C@@H](Cc2ccc(OCCN3CCCCC3)cc2)C(=O)O)N(S(=O)(=O)c2cc(Cl)cc(Cl)c2)C1. The average molecular weight is 656 g/mol. The summed E-state index contributed by atoms with van der Waals surface area (Å²) in [5.41, 5.74) is 0.650. The molecule has 0 aromatic heterocycles. The maximum Gasteiger partial charge on any atom is 0.326 e. The second-order valence-electron chi connectivity index (χ2n) is 10.8. The second-order valence-corrected chi connectivity index (χ2v) is 13.6. The molecule has 2 saturated heterocycles. The number of hydrogen-bond donors (Lipinski definition) is 3. The summed E-state index contributed by atoms with van der Waals surface area (Å²) < 4.78 is 33.9. The largest absolute Gasteiger partial charge is 0.492 e. The number of benzene rings is 2. The van der Waals surface area contributed by atoms with Crippen LogP contribution in [0, 0.1) is 0 Å². The van der Waals surface area contributed by atoms with Crippen molar-refractivity contribution in [1.82, 2.24) is 19.8 Å². The fourth-order valence-corrected chi connectivity index (χ4v) is 7.79. The van der Waals surface area contributed by atoms with Crippen molar-refractivity contribution < 1.29 is 32.6 Å². The van der Waals surface area contributed by atoms with Crippen molar-refractivity contribution in [2.24, 2.45) is 0 Å². The van der Waals surface area contributed by atoms with Crippen molar-refractivity contribution in [3.63, 3.8) is 0 Å². The average Bonchev–Trinajstić information content (AvgIpc) is 3.38. The maximum absolute atomic E-state index is 13.6. The van der Waals surface area contributed by atoms with Crippen LogP contribution in [-0.2, 0) is 30.8 Å². The molecule has 2 aliphatic heterocycles. The minimum absolute atomic E-state index is 0.0341. The number of carbonyl (C=O) groups is 3. The molecular formula is C29H36Cl2N4O7S. The Bertz CT molecular complexity index is 1400. The van der Waals surface area contributed by atoms with Crippen LogP contribution in [0.1, 0.15) is 38.2 Å². The normalized spacial score (nSPS) is 20.3. The summed E-state index contributed by atoms with van der Waals surface area (Å²) in [6.45, 7) is 4.65. The number of carboxylic acid groups (broad SMARTS) is 1. The highest BCUT2D eigenvalue weighted by Crippen LogP contribution is 2.30. The Morgan fingerprint density at radius 2 is 1.70 bits per heavy atom. The highest BCUT2D eigenvalue weighted by Gasteiger charge is 2.45. The van der Waals surface area contributed by atoms with E-state index in [1.165, 1.54) is 44.4 Å². The van der Waals surface area contributed by atoms with Crippen LogP contribution in [0.2, 0.25) is 10.0 Å². The molecular weight excluding hydrogens is 619 g/mol. The molecule has 0 spiro atoms. The zero-order valence-corrected chi connectivity index (χ0v) is 26.1. The molecule has 0 saturated carbocycles. The molecule has 0 aliphatic carbocycles. The van der Waals surface area contributed by atoms with E-state index in [-0.39, 0.29) is 34.3 Å². The summed E-state index contributed by atoms with van der Waals surface area (Å²) in [7, 11) is -4.29. The van der Waals surface area contributed by atoms with Gasteiger partial charge in [-0.15, -0.1) is 0 Å². The van der Waals surface area contributed by atoms with Crippen LogP contribution in [0.15, 0.2) is 47.4 Å². The molecule has 14 heteroatoms. The smallest absolute Gasteiger partial charge is 0.326 e. The molecule has 2 aromatic carbocycles. The van der Waals surface area contributed by atoms with Crippen molar-refractivity contribution in [2.45, 2.75) is 62.0 Å². The summed E-state index contributed by atoms with van der Waals surface area (Å²) in [5.74, 6) is -1.80. The van der Waals surface area contributed by atoms with Gasteiger partial charge in [0.1, 0.15) is 24.4 Å². The highest BCUT2D eigenvalue weighted by molar-refractivity contribution is 7.89. The van der Waals surface area contributed by atoms with Crippen LogP contribution < -0.4 is 15.4 Å². The lowest BCUT2D eigenvalue weighted by Gasteiger charge is -2.26. The van der Waals surface area contributed by atoms with Crippen LogP contribution in [0.25, 0.3) is 0 Å². The molecule has 4 rings (SSSR count). The van der Waals surface area contributed by atoms with Gasteiger partial charge in [0.25, 0.3) is 0 Å². The number of rotatable bonds is 12. The van der Waals surface area contributed by atoms with Gasteiger partial charge in [0.05, 0.1) is 4.90 Å². The van der Waals surface area contributed by atoms with E-state index in [1.807, 2.05) is 0 Å². The van der Waals surface area contributed by atoms with Crippen LogP contribution in [0.3, 0.4) is 0 Å². The van der Waals surface area contributed by atoms with E-state index in [4.69, 9.17) is 27.9 Å². The summed E-state index contributed by atoms with van der Waals surface area (Å²) in [5, 5.41) is 15.2. The minimum atomic E-state index is -4.29. The van der Waals surface area contributed by atoms with E-state index >= 15 is 0 Å². The maximum atomic E-state index is 13.6. The van der Waals surface area contributed by atoms with Gasteiger partial charge in [-0.1, -0.05) is 41.8 Å². The van der Waals surface area contributed by atoms with E-state index in [1.54, 1.807) is 24.3 Å². The molecule has 3 N–H and O–H groups in total. The van der Waals surface area contributed by atoms with Gasteiger partial charge in [-0.3, -0.25) is 14.5 Å². The van der Waals surface area contributed by atoms with Crippen molar-refractivity contribution in [3.8, 4) is 5.75 Å². The van der Waals surface area contributed by atoms with Gasteiger partial charge >= 0.3 is 5.97 Å². The first-order valence-corrected chi connectivity index (χ1v) is 16.3. The zero-order valence-electron chi connectivity index (χ0n) is 23.8. The Hall–Kier alpha value is -2.90. The Labute approximate surface area is 261 Å². The predicted octanol–water partition coefficient (Wildman–Crippen LogP) is 2.94. The Morgan fingerprint density at radius 3 is 2.30 bits per heavy atom. The van der Waals surface area contributed by atoms with E-state index in [9.17, 15) is 27.9 Å². The minimum Gasteiger partial charge on any atom is -0.492 e. The summed E-state index contributed by atoms with van der Waals surface area (Å²) >= 11 is 12.1. The number of amides is 2. The number of halogens is 2. The van der Waals surface area contributed by atoms with E-state index < -0.39 is 45.9 Å². The number of hydrogen-bond acceptors (Lipinski definition) is 7. The third-order valence-electron chi connectivity index (χ3n) is 7.51. The fraction of sp³-hybridized carbons (Fsp3) is 0.483. The summed E-state index contributed by atoms with van der Waals surface area (Å²) in [4.78, 5) is 39.4. The molecule has 43 heavy (non-hydrogen) atoms. The molecule has 2 aromatic rings. The van der Waals surface area contributed by atoms with Gasteiger partial charge in [-0.2, -0.15) is 4.31 Å². The van der Waals surface area contributed by atoms with E-state index in [0.717, 1.165) is 23.9 Å². The first-order chi connectivity index (χ1) is 20.4. The molecule has 0 unspecified atom stereocenters. The van der Waals surface area contributed by atoms with Crippen molar-refractivity contribution in [1.29, 1.82) is 0 Å². The number of likely N-dealkylation sites (tertiary alicyclic amines) is 1. The molecule has 234 valence electrons. The van der Waals surface area contributed by atoms with Gasteiger partial charge in [0, 0.05) is 42.5 Å². The lowest BCUT2D eigenvalue weighted by molar-refractivity contribution is -0.142. The molecule has 0 bridgehead atoms. The highest BCUT2D eigenvalue weighted by atomic mass is 35.5. The molecule has 2 heterocycles. The van der Waals surface area contributed by atoms with Gasteiger partial charge in [-0.05, 0) is 68.2 Å². The first kappa shape index (κ1) is 33.0. The number of aliphatic carboxylic acids is 1. The molecule has 2 aliphatic rings. The van der Waals surface area contributed by atoms with E-state index in [2.05, 4.69) is 15.5 Å². The number of carbonyl (C=O) groups excluding carboxylic acids is 2. The fourth-order valence-electron chi connectivity index (χ4n) is 5.42. The summed E-state index contributed by atoms with van der Waals surface area (Å²) in [6.07, 6.45) is 3.60. The van der Waals surface area contributed by atoms with Gasteiger partial charge in [0.2, 0.25) is 21.8 Å². The van der Waals surface area contributed by atoms with Gasteiger partial charge < -0.3 is 20.5 Å². The second kappa shape index (κ2) is 14.7. The predicted molar refractivity (Wildman–Crippen MR) is 162 cm³/mol. The number of piperidine rings is 1. The number of ether oxygens (including phenoxy) is 1. The molecule has 11 nitrogen and oxygen atoms in total. The zero-order chi connectivity index (χ0) is 31.1. The number of sulfonamides is 1. The van der Waals surface area contributed by atoms with Crippen molar-refractivity contribution in [2.75, 3.05) is 32.8 Å².